The van der Waals surface area contributed by atoms with Crippen LogP contribution in [0.1, 0.15) is 37.6 Å². The van der Waals surface area contributed by atoms with Crippen molar-refractivity contribution in [1.29, 1.82) is 0 Å². The number of nitrogens with zero attached hydrogens (tertiary/aromatic N) is 1. The van der Waals surface area contributed by atoms with Crippen molar-refractivity contribution in [3.05, 3.63) is 23.8 Å². The van der Waals surface area contributed by atoms with Gasteiger partial charge in [-0.25, -0.2) is 0 Å². The maximum Gasteiger partial charge on any atom is 0.257 e. The van der Waals surface area contributed by atoms with Crippen LogP contribution in [0.3, 0.4) is 0 Å². The molecule has 0 fully saturated rings. The van der Waals surface area contributed by atoms with E-state index < -0.39 is 0 Å². The van der Waals surface area contributed by atoms with Gasteiger partial charge in [0, 0.05) is 51.5 Å². The number of hydrogen-bond donors (Lipinski definition) is 2. The third-order valence-electron chi connectivity index (χ3n) is 4.83. The Morgan fingerprint density at radius 2 is 2.15 bits per heavy atom. The first kappa shape index (κ1) is 21.2. The van der Waals surface area contributed by atoms with Crippen molar-refractivity contribution >= 4 is 17.5 Å². The van der Waals surface area contributed by atoms with Gasteiger partial charge >= 0.3 is 0 Å². The Bertz CT molecular complexity index is 665. The van der Waals surface area contributed by atoms with Crippen molar-refractivity contribution in [3.8, 4) is 5.75 Å². The van der Waals surface area contributed by atoms with Crippen molar-refractivity contribution in [1.82, 2.24) is 10.2 Å². The number of hydrogen-bond acceptors (Lipinski definition) is 5. The summed E-state index contributed by atoms with van der Waals surface area (Å²) in [5.74, 6) is 0.502. The molecule has 7 nitrogen and oxygen atoms in total. The highest BCUT2D eigenvalue weighted by Gasteiger charge is 2.25. The van der Waals surface area contributed by atoms with Gasteiger partial charge in [-0.15, -0.1) is 0 Å². The number of likely N-dealkylation sites (N-methyl/N-ethyl adjacent to an activating group) is 1. The highest BCUT2D eigenvalue weighted by atomic mass is 16.5. The molecule has 3 atom stereocenters. The molecule has 150 valence electrons. The van der Waals surface area contributed by atoms with Crippen LogP contribution in [-0.2, 0) is 9.53 Å². The van der Waals surface area contributed by atoms with Gasteiger partial charge in [-0.1, -0.05) is 13.8 Å². The van der Waals surface area contributed by atoms with E-state index in [2.05, 4.69) is 17.6 Å². The number of carbonyl (C=O) groups excluding carboxylic acids is 2. The Hall–Kier alpha value is -2.12. The minimum Gasteiger partial charge on any atom is -0.491 e. The van der Waals surface area contributed by atoms with E-state index in [0.29, 0.717) is 36.6 Å². The Balaban J connectivity index is 2.34. The number of benzene rings is 1. The van der Waals surface area contributed by atoms with Gasteiger partial charge in [0.2, 0.25) is 5.91 Å². The second-order valence-corrected chi connectivity index (χ2v) is 7.17. The van der Waals surface area contributed by atoms with Crippen LogP contribution in [0.25, 0.3) is 0 Å². The predicted molar refractivity (Wildman–Crippen MR) is 105 cm³/mol. The summed E-state index contributed by atoms with van der Waals surface area (Å²) < 4.78 is 11.6. The van der Waals surface area contributed by atoms with Gasteiger partial charge in [-0.3, -0.25) is 9.59 Å². The topological polar surface area (TPSA) is 79.9 Å². The normalized spacial score (nSPS) is 24.3. The maximum atomic E-state index is 13.0. The lowest BCUT2D eigenvalue weighted by Gasteiger charge is -2.30. The molecule has 2 N–H and O–H groups in total. The maximum absolute atomic E-state index is 13.0. The summed E-state index contributed by atoms with van der Waals surface area (Å²) in [6.07, 6.45) is 0.322. The van der Waals surface area contributed by atoms with Gasteiger partial charge in [0.05, 0.1) is 11.7 Å². The van der Waals surface area contributed by atoms with Crippen molar-refractivity contribution in [2.24, 2.45) is 5.92 Å². The molecule has 0 radical (unpaired) electrons. The van der Waals surface area contributed by atoms with Crippen molar-refractivity contribution in [3.63, 3.8) is 0 Å². The molecule has 0 saturated heterocycles. The van der Waals surface area contributed by atoms with Crippen LogP contribution >= 0.6 is 0 Å². The van der Waals surface area contributed by atoms with E-state index in [1.54, 1.807) is 44.2 Å². The number of ether oxygens (including phenoxy) is 2. The molecule has 7 heteroatoms. The fourth-order valence-electron chi connectivity index (χ4n) is 2.98. The molecule has 27 heavy (non-hydrogen) atoms. The highest BCUT2D eigenvalue weighted by Crippen LogP contribution is 2.26. The molecule has 2 amide bonds. The molecular formula is C20H31N3O4. The van der Waals surface area contributed by atoms with Crippen LogP contribution < -0.4 is 15.4 Å². The lowest BCUT2D eigenvalue weighted by Crippen LogP contribution is -2.44. The number of rotatable bonds is 3. The number of fused-ring (bicyclic) bond motifs is 1. The minimum absolute atomic E-state index is 0.0643. The van der Waals surface area contributed by atoms with E-state index in [4.69, 9.17) is 9.47 Å². The molecule has 1 heterocycles. The Morgan fingerprint density at radius 1 is 1.41 bits per heavy atom. The Morgan fingerprint density at radius 3 is 2.81 bits per heavy atom. The smallest absolute Gasteiger partial charge is 0.257 e. The van der Waals surface area contributed by atoms with E-state index >= 15 is 0 Å². The fraction of sp³-hybridized carbons (Fsp3) is 0.600. The van der Waals surface area contributed by atoms with E-state index in [1.807, 2.05) is 6.92 Å². The molecule has 0 saturated carbocycles. The van der Waals surface area contributed by atoms with Crippen LogP contribution in [0.15, 0.2) is 18.2 Å². The monoisotopic (exact) mass is 377 g/mol. The first-order chi connectivity index (χ1) is 12.8. The Kier molecular flexibility index (Phi) is 7.62. The molecule has 0 aliphatic carbocycles. The number of amides is 2. The molecule has 2 rings (SSSR count). The second-order valence-electron chi connectivity index (χ2n) is 7.17. The standard InChI is InChI=1S/C20H31N3O4/c1-6-19(24)22-15-7-8-16-17(9-15)27-12-14(3)21-10-13(2)18(26-5)11-23(4)20(16)25/h7-9,13-14,18,21H,6,10-12H2,1-5H3,(H,22,24)/t13-,14-,18+/m0/s1. The van der Waals surface area contributed by atoms with Gasteiger partial charge < -0.3 is 25.0 Å². The molecular weight excluding hydrogens is 346 g/mol. The molecule has 0 unspecified atom stereocenters. The van der Waals surface area contributed by atoms with Gasteiger partial charge in [-0.2, -0.15) is 0 Å². The average Bonchev–Trinajstić information content (AvgIpc) is 2.67. The van der Waals surface area contributed by atoms with Crippen LogP contribution in [-0.4, -0.2) is 62.7 Å². The Labute approximate surface area is 161 Å². The van der Waals surface area contributed by atoms with Crippen LogP contribution in [0.4, 0.5) is 5.69 Å². The van der Waals surface area contributed by atoms with Crippen LogP contribution in [0, 0.1) is 5.92 Å². The van der Waals surface area contributed by atoms with Crippen molar-refractivity contribution < 1.29 is 19.1 Å². The highest BCUT2D eigenvalue weighted by molar-refractivity contribution is 5.98. The quantitative estimate of drug-likeness (QED) is 0.844. The van der Waals surface area contributed by atoms with E-state index in [-0.39, 0.29) is 29.9 Å². The summed E-state index contributed by atoms with van der Waals surface area (Å²) in [5.41, 5.74) is 1.09. The third kappa shape index (κ3) is 5.68. The summed E-state index contributed by atoms with van der Waals surface area (Å²) in [4.78, 5) is 26.3. The summed E-state index contributed by atoms with van der Waals surface area (Å²) in [6.45, 7) is 7.61. The van der Waals surface area contributed by atoms with E-state index in [1.165, 1.54) is 0 Å². The van der Waals surface area contributed by atoms with Gasteiger partial charge in [-0.05, 0) is 25.0 Å². The zero-order valence-electron chi connectivity index (χ0n) is 16.9. The molecule has 1 aromatic carbocycles. The van der Waals surface area contributed by atoms with Gasteiger partial charge in [0.15, 0.2) is 0 Å². The lowest BCUT2D eigenvalue weighted by molar-refractivity contribution is -0.115. The van der Waals surface area contributed by atoms with E-state index in [9.17, 15) is 9.59 Å². The fourth-order valence-corrected chi connectivity index (χ4v) is 2.98. The molecule has 1 aromatic rings. The SMILES string of the molecule is CCC(=O)Nc1ccc2c(c1)OC[C@H](C)NC[C@H](C)[C@H](OC)CN(C)C2=O. The molecule has 1 aliphatic heterocycles. The second kappa shape index (κ2) is 9.71. The molecule has 0 aromatic heterocycles. The number of anilines is 1. The summed E-state index contributed by atoms with van der Waals surface area (Å²) in [7, 11) is 3.44. The zero-order valence-corrected chi connectivity index (χ0v) is 16.9. The number of nitrogens with one attached hydrogen (secondary N) is 2. The van der Waals surface area contributed by atoms with E-state index in [0.717, 1.165) is 6.54 Å². The largest absolute Gasteiger partial charge is 0.491 e. The minimum atomic E-state index is -0.131. The van der Waals surface area contributed by atoms with Crippen LogP contribution in [0.2, 0.25) is 0 Å². The molecule has 0 spiro atoms. The van der Waals surface area contributed by atoms with Crippen molar-refractivity contribution in [2.75, 3.05) is 39.2 Å². The predicted octanol–water partition coefficient (Wildman–Crippen LogP) is 2.13. The molecule has 1 aliphatic rings. The zero-order chi connectivity index (χ0) is 20.0. The van der Waals surface area contributed by atoms with Gasteiger partial charge in [0.1, 0.15) is 12.4 Å². The number of methoxy groups -OCH3 is 1. The van der Waals surface area contributed by atoms with Gasteiger partial charge in [0.25, 0.3) is 5.91 Å². The first-order valence-electron chi connectivity index (χ1n) is 9.44. The van der Waals surface area contributed by atoms with Crippen molar-refractivity contribution in [2.45, 2.75) is 39.3 Å². The molecule has 0 bridgehead atoms. The average molecular weight is 377 g/mol. The van der Waals surface area contributed by atoms with Crippen LogP contribution in [0.5, 0.6) is 5.75 Å². The third-order valence-corrected chi connectivity index (χ3v) is 4.83. The summed E-state index contributed by atoms with van der Waals surface area (Å²) in [5, 5.41) is 6.26. The summed E-state index contributed by atoms with van der Waals surface area (Å²) in [6, 6.07) is 5.25. The lowest BCUT2D eigenvalue weighted by atomic mass is 10.0. The first-order valence-corrected chi connectivity index (χ1v) is 9.44. The number of carbonyl (C=O) groups is 2. The summed E-state index contributed by atoms with van der Waals surface area (Å²) >= 11 is 0.